The lowest BCUT2D eigenvalue weighted by atomic mass is 9.83. The minimum atomic E-state index is 0.0209. The smallest absolute Gasteiger partial charge is 0.174 e. The molecule has 0 bridgehead atoms. The zero-order chi connectivity index (χ0) is 14.9. The molecule has 0 atom stereocenters. The molecule has 1 aromatic rings. The summed E-state index contributed by atoms with van der Waals surface area (Å²) in [6.45, 7) is 8.19. The number of rotatable bonds is 3. The van der Waals surface area contributed by atoms with Crippen LogP contribution in [0, 0.1) is 16.7 Å². The fourth-order valence-corrected chi connectivity index (χ4v) is 3.68. The molecule has 0 saturated carbocycles. The molecule has 1 aliphatic rings. The zero-order valence-corrected chi connectivity index (χ0v) is 13.1. The molecule has 2 rings (SSSR count). The van der Waals surface area contributed by atoms with Crippen LogP contribution in [0.15, 0.2) is 0 Å². The number of Topliss-reactive ketones (excluding diaryl/α,β-unsaturated/α-hetero) is 1. The molecule has 5 heteroatoms. The second-order valence-corrected chi connectivity index (χ2v) is 7.06. The molecule has 1 saturated heterocycles. The van der Waals surface area contributed by atoms with E-state index in [0.717, 1.165) is 30.9 Å². The minimum absolute atomic E-state index is 0.0209. The lowest BCUT2D eigenvalue weighted by molar-refractivity contribution is 0.0993. The predicted molar refractivity (Wildman–Crippen MR) is 83.3 cm³/mol. The molecule has 0 aliphatic carbocycles. The number of hydrogen-bond acceptors (Lipinski definition) is 5. The Kier molecular flexibility index (Phi) is 4.05. The van der Waals surface area contributed by atoms with Crippen molar-refractivity contribution in [3.63, 3.8) is 0 Å². The summed E-state index contributed by atoms with van der Waals surface area (Å²) in [6.07, 6.45) is 2.60. The van der Waals surface area contributed by atoms with Crippen molar-refractivity contribution in [1.29, 1.82) is 5.26 Å². The van der Waals surface area contributed by atoms with Gasteiger partial charge in [0.1, 0.15) is 16.6 Å². The summed E-state index contributed by atoms with van der Waals surface area (Å²) >= 11 is 1.38. The van der Waals surface area contributed by atoms with Gasteiger partial charge in [-0.1, -0.05) is 20.8 Å². The SMILES string of the molecule is CCC(=O)c1sc(N2CCC(C)(C)CC2)c(C#N)c1N. The third kappa shape index (κ3) is 2.66. The maximum atomic E-state index is 11.9. The highest BCUT2D eigenvalue weighted by atomic mass is 32.1. The predicted octanol–water partition coefficient (Wildman–Crippen LogP) is 3.42. The highest BCUT2D eigenvalue weighted by molar-refractivity contribution is 7.19. The Morgan fingerprint density at radius 2 is 2.05 bits per heavy atom. The van der Waals surface area contributed by atoms with Crippen LogP contribution >= 0.6 is 11.3 Å². The number of piperidine rings is 1. The van der Waals surface area contributed by atoms with Crippen molar-refractivity contribution in [3.8, 4) is 6.07 Å². The molecule has 0 amide bonds. The quantitative estimate of drug-likeness (QED) is 0.866. The molecule has 1 aliphatic heterocycles. The Morgan fingerprint density at radius 3 is 2.55 bits per heavy atom. The van der Waals surface area contributed by atoms with Crippen LogP contribution in [0.5, 0.6) is 0 Å². The number of thiophene rings is 1. The van der Waals surface area contributed by atoms with Gasteiger partial charge in [0.15, 0.2) is 5.78 Å². The Balaban J connectivity index is 2.33. The van der Waals surface area contributed by atoms with E-state index in [1.165, 1.54) is 11.3 Å². The van der Waals surface area contributed by atoms with Crippen molar-refractivity contribution in [2.24, 2.45) is 5.41 Å². The van der Waals surface area contributed by atoms with Crippen molar-refractivity contribution in [3.05, 3.63) is 10.4 Å². The number of carbonyl (C=O) groups is 1. The second kappa shape index (κ2) is 5.45. The summed E-state index contributed by atoms with van der Waals surface area (Å²) in [5.74, 6) is 0.0209. The van der Waals surface area contributed by atoms with Crippen molar-refractivity contribution in [2.45, 2.75) is 40.0 Å². The number of anilines is 2. The number of nitrogen functional groups attached to an aromatic ring is 1. The van der Waals surface area contributed by atoms with Gasteiger partial charge in [0.2, 0.25) is 0 Å². The summed E-state index contributed by atoms with van der Waals surface area (Å²) in [5.41, 5.74) is 7.19. The molecule has 4 nitrogen and oxygen atoms in total. The molecule has 108 valence electrons. The monoisotopic (exact) mass is 291 g/mol. The molecular formula is C15H21N3OS. The molecule has 0 radical (unpaired) electrons. The van der Waals surface area contributed by atoms with E-state index >= 15 is 0 Å². The Morgan fingerprint density at radius 1 is 1.45 bits per heavy atom. The van der Waals surface area contributed by atoms with E-state index in [2.05, 4.69) is 24.8 Å². The summed E-state index contributed by atoms with van der Waals surface area (Å²) < 4.78 is 0. The fourth-order valence-electron chi connectivity index (χ4n) is 2.44. The molecule has 0 aromatic carbocycles. The molecule has 1 aromatic heterocycles. The maximum Gasteiger partial charge on any atom is 0.174 e. The van der Waals surface area contributed by atoms with E-state index in [1.54, 1.807) is 0 Å². The van der Waals surface area contributed by atoms with Gasteiger partial charge in [0, 0.05) is 19.5 Å². The van der Waals surface area contributed by atoms with Crippen LogP contribution in [0.3, 0.4) is 0 Å². The molecule has 2 heterocycles. The number of ketones is 1. The molecule has 2 N–H and O–H groups in total. The van der Waals surface area contributed by atoms with Crippen molar-refractivity contribution in [2.75, 3.05) is 23.7 Å². The third-order valence-electron chi connectivity index (χ3n) is 4.02. The van der Waals surface area contributed by atoms with Crippen LogP contribution in [-0.4, -0.2) is 18.9 Å². The van der Waals surface area contributed by atoms with E-state index in [1.807, 2.05) is 6.92 Å². The summed E-state index contributed by atoms with van der Waals surface area (Å²) in [5, 5.41) is 10.2. The van der Waals surface area contributed by atoms with E-state index in [-0.39, 0.29) is 5.78 Å². The van der Waals surface area contributed by atoms with Gasteiger partial charge >= 0.3 is 0 Å². The molecule has 0 unspecified atom stereocenters. The Bertz CT molecular complexity index is 558. The third-order valence-corrected chi connectivity index (χ3v) is 5.32. The number of nitriles is 1. The van der Waals surface area contributed by atoms with Gasteiger partial charge in [0.25, 0.3) is 0 Å². The van der Waals surface area contributed by atoms with Gasteiger partial charge in [0.05, 0.1) is 10.6 Å². The van der Waals surface area contributed by atoms with Gasteiger partial charge in [-0.15, -0.1) is 11.3 Å². The minimum Gasteiger partial charge on any atom is -0.396 e. The number of hydrogen-bond donors (Lipinski definition) is 1. The normalized spacial score (nSPS) is 17.8. The van der Waals surface area contributed by atoms with Gasteiger partial charge in [-0.3, -0.25) is 4.79 Å². The number of carbonyl (C=O) groups excluding carboxylic acids is 1. The van der Waals surface area contributed by atoms with Gasteiger partial charge < -0.3 is 10.6 Å². The van der Waals surface area contributed by atoms with Crippen LogP contribution < -0.4 is 10.6 Å². The second-order valence-electron chi connectivity index (χ2n) is 6.06. The van der Waals surface area contributed by atoms with Crippen LogP contribution in [0.4, 0.5) is 10.7 Å². The van der Waals surface area contributed by atoms with Gasteiger partial charge in [-0.05, 0) is 18.3 Å². The van der Waals surface area contributed by atoms with E-state index in [0.29, 0.717) is 28.0 Å². The summed E-state index contributed by atoms with van der Waals surface area (Å²) in [6, 6.07) is 2.17. The number of nitrogens with two attached hydrogens (primary N) is 1. The van der Waals surface area contributed by atoms with Crippen LogP contribution in [-0.2, 0) is 0 Å². The Labute approximate surface area is 124 Å². The first-order valence-electron chi connectivity index (χ1n) is 7.00. The van der Waals surface area contributed by atoms with E-state index < -0.39 is 0 Å². The molecular weight excluding hydrogens is 270 g/mol. The maximum absolute atomic E-state index is 11.9. The standard InChI is InChI=1S/C15H21N3OS/c1-4-11(19)13-12(17)10(9-16)14(20-13)18-7-5-15(2,3)6-8-18/h4-8,17H2,1-3H3. The average molecular weight is 291 g/mol. The molecule has 20 heavy (non-hydrogen) atoms. The topological polar surface area (TPSA) is 70.1 Å². The van der Waals surface area contributed by atoms with Gasteiger partial charge in [-0.2, -0.15) is 5.26 Å². The lowest BCUT2D eigenvalue weighted by Crippen LogP contribution is -2.37. The van der Waals surface area contributed by atoms with E-state index in [4.69, 9.17) is 5.73 Å². The first-order valence-corrected chi connectivity index (χ1v) is 7.81. The largest absolute Gasteiger partial charge is 0.396 e. The average Bonchev–Trinajstić information content (AvgIpc) is 2.75. The summed E-state index contributed by atoms with van der Waals surface area (Å²) in [4.78, 5) is 14.7. The molecule has 0 spiro atoms. The summed E-state index contributed by atoms with van der Waals surface area (Å²) in [7, 11) is 0. The van der Waals surface area contributed by atoms with Crippen LogP contribution in [0.1, 0.15) is 55.3 Å². The highest BCUT2D eigenvalue weighted by Crippen LogP contribution is 2.41. The first-order chi connectivity index (χ1) is 9.39. The first kappa shape index (κ1) is 14.9. The van der Waals surface area contributed by atoms with Crippen LogP contribution in [0.25, 0.3) is 0 Å². The fraction of sp³-hybridized carbons (Fsp3) is 0.600. The zero-order valence-electron chi connectivity index (χ0n) is 12.3. The molecule has 1 fully saturated rings. The van der Waals surface area contributed by atoms with Crippen molar-refractivity contribution >= 4 is 27.8 Å². The number of nitrogens with zero attached hydrogens (tertiary/aromatic N) is 2. The van der Waals surface area contributed by atoms with Crippen LogP contribution in [0.2, 0.25) is 0 Å². The van der Waals surface area contributed by atoms with Gasteiger partial charge in [-0.25, -0.2) is 0 Å². The lowest BCUT2D eigenvalue weighted by Gasteiger charge is -2.37. The van der Waals surface area contributed by atoms with E-state index in [9.17, 15) is 10.1 Å². The Hall–Kier alpha value is -1.54. The highest BCUT2D eigenvalue weighted by Gasteiger charge is 2.29. The van der Waals surface area contributed by atoms with Crippen molar-refractivity contribution < 1.29 is 4.79 Å². The van der Waals surface area contributed by atoms with Crippen molar-refractivity contribution in [1.82, 2.24) is 0 Å².